The molecule has 3 aromatic rings. The molecule has 1 amide bonds. The van der Waals surface area contributed by atoms with E-state index >= 15 is 0 Å². The van der Waals surface area contributed by atoms with E-state index in [0.717, 1.165) is 0 Å². The Labute approximate surface area is 195 Å². The summed E-state index contributed by atoms with van der Waals surface area (Å²) in [6.45, 7) is 1.74. The SMILES string of the molecule is O=C1C(=O)N(CCC[n+]2cc[nH]c2)[C@H](c2cccc(O)c2)C1=C(O)c1ccc2c(c1)OCCO2. The highest BCUT2D eigenvalue weighted by atomic mass is 16.6. The first-order chi connectivity index (χ1) is 16.5. The number of benzene rings is 2. The number of aromatic hydroxyl groups is 1. The zero-order valence-electron chi connectivity index (χ0n) is 18.3. The van der Waals surface area contributed by atoms with Crippen molar-refractivity contribution in [2.24, 2.45) is 0 Å². The van der Waals surface area contributed by atoms with Gasteiger partial charge in [0.15, 0.2) is 11.5 Å². The first kappa shape index (κ1) is 21.6. The second kappa shape index (κ2) is 8.93. The van der Waals surface area contributed by atoms with Crippen LogP contribution in [0.5, 0.6) is 17.2 Å². The van der Waals surface area contributed by atoms with Crippen LogP contribution >= 0.6 is 0 Å². The van der Waals surface area contributed by atoms with Crippen LogP contribution in [0.3, 0.4) is 0 Å². The van der Waals surface area contributed by atoms with Crippen molar-refractivity contribution in [2.75, 3.05) is 19.8 Å². The minimum absolute atomic E-state index is 0.00490. The monoisotopic (exact) mass is 462 g/mol. The molecule has 9 nitrogen and oxygen atoms in total. The number of aliphatic hydroxyl groups excluding tert-OH is 1. The normalized spacial score (nSPS) is 18.9. The number of ketones is 1. The van der Waals surface area contributed by atoms with Crippen LogP contribution in [0.25, 0.3) is 5.76 Å². The summed E-state index contributed by atoms with van der Waals surface area (Å²) in [6.07, 6.45) is 6.08. The van der Waals surface area contributed by atoms with Crippen LogP contribution in [-0.2, 0) is 16.1 Å². The highest BCUT2D eigenvalue weighted by Gasteiger charge is 2.46. The highest BCUT2D eigenvalue weighted by molar-refractivity contribution is 6.46. The summed E-state index contributed by atoms with van der Waals surface area (Å²) in [4.78, 5) is 30.6. The molecular formula is C25H24N3O6+. The predicted molar refractivity (Wildman–Crippen MR) is 120 cm³/mol. The first-order valence-corrected chi connectivity index (χ1v) is 11.0. The number of H-pyrrole nitrogens is 1. The molecule has 0 aliphatic carbocycles. The Bertz CT molecular complexity index is 1270. The van der Waals surface area contributed by atoms with E-state index < -0.39 is 17.7 Å². The number of aromatic amines is 1. The third-order valence-electron chi connectivity index (χ3n) is 5.96. The molecule has 0 radical (unpaired) electrons. The van der Waals surface area contributed by atoms with Crippen LogP contribution < -0.4 is 14.0 Å². The second-order valence-corrected chi connectivity index (χ2v) is 8.15. The van der Waals surface area contributed by atoms with Gasteiger partial charge in [-0.15, -0.1) is 0 Å². The maximum atomic E-state index is 13.1. The number of amides is 1. The molecule has 9 heteroatoms. The minimum Gasteiger partial charge on any atom is -0.508 e. The lowest BCUT2D eigenvalue weighted by atomic mass is 9.95. The molecule has 2 aliphatic rings. The number of carbonyl (C=O) groups excluding carboxylic acids is 2. The molecule has 3 heterocycles. The third-order valence-corrected chi connectivity index (χ3v) is 5.96. The standard InChI is InChI=1S/C25H23N3O6/c29-18-4-1-3-16(13-18)22-21(23(30)17-5-6-19-20(14-17)34-12-11-33-19)24(31)25(32)28(22)9-2-8-27-10-7-26-15-27/h1,3-7,10,13-15,22H,2,8-9,11-12H2,(H2,29,30,31)/p+1/t22-/m1/s1. The van der Waals surface area contributed by atoms with Gasteiger partial charge in [0.2, 0.25) is 6.33 Å². The van der Waals surface area contributed by atoms with E-state index in [1.165, 1.54) is 17.0 Å². The van der Waals surface area contributed by atoms with Crippen molar-refractivity contribution in [3.63, 3.8) is 0 Å². The first-order valence-electron chi connectivity index (χ1n) is 11.0. The number of likely N-dealkylation sites (tertiary alicyclic amines) is 1. The number of imidazole rings is 1. The van der Waals surface area contributed by atoms with E-state index in [-0.39, 0.29) is 17.1 Å². The highest BCUT2D eigenvalue weighted by Crippen LogP contribution is 2.41. The van der Waals surface area contributed by atoms with Crippen molar-refractivity contribution < 1.29 is 33.8 Å². The Morgan fingerprint density at radius 3 is 2.71 bits per heavy atom. The average molecular weight is 462 g/mol. The quantitative estimate of drug-likeness (QED) is 0.224. The number of rotatable bonds is 6. The fourth-order valence-electron chi connectivity index (χ4n) is 4.38. The summed E-state index contributed by atoms with van der Waals surface area (Å²) in [5.74, 6) is -0.741. The maximum absolute atomic E-state index is 13.1. The number of Topliss-reactive ketones (excluding diaryl/α,β-unsaturated/α-hetero) is 1. The van der Waals surface area contributed by atoms with Crippen LogP contribution in [0.4, 0.5) is 0 Å². The smallest absolute Gasteiger partial charge is 0.295 e. The lowest BCUT2D eigenvalue weighted by Crippen LogP contribution is -2.36. The van der Waals surface area contributed by atoms with Gasteiger partial charge in [-0.2, -0.15) is 0 Å². The van der Waals surface area contributed by atoms with Crippen LogP contribution in [0.2, 0.25) is 0 Å². The van der Waals surface area contributed by atoms with Crippen molar-refractivity contribution in [3.8, 4) is 17.2 Å². The zero-order valence-corrected chi connectivity index (χ0v) is 18.3. The summed E-state index contributed by atoms with van der Waals surface area (Å²) in [5, 5.41) is 21.3. The number of phenols is 1. The summed E-state index contributed by atoms with van der Waals surface area (Å²) in [5.41, 5.74) is 0.851. The number of nitrogens with one attached hydrogen (secondary N) is 1. The van der Waals surface area contributed by atoms with Gasteiger partial charge in [-0.3, -0.25) is 14.6 Å². The van der Waals surface area contributed by atoms with Gasteiger partial charge in [-0.05, 0) is 35.9 Å². The number of aryl methyl sites for hydroxylation is 1. The van der Waals surface area contributed by atoms with E-state index in [0.29, 0.717) is 55.4 Å². The Kier molecular flexibility index (Phi) is 5.67. The molecule has 2 aliphatic heterocycles. The van der Waals surface area contributed by atoms with E-state index in [1.807, 2.05) is 17.1 Å². The maximum Gasteiger partial charge on any atom is 0.295 e. The van der Waals surface area contributed by atoms with E-state index in [9.17, 15) is 19.8 Å². The molecule has 1 saturated heterocycles. The number of aliphatic hydroxyl groups is 1. The van der Waals surface area contributed by atoms with Crippen molar-refractivity contribution in [1.82, 2.24) is 9.88 Å². The van der Waals surface area contributed by atoms with E-state index in [4.69, 9.17) is 9.47 Å². The van der Waals surface area contributed by atoms with Crippen molar-refractivity contribution in [2.45, 2.75) is 19.0 Å². The molecule has 0 saturated carbocycles. The average Bonchev–Trinajstić information content (AvgIpc) is 3.45. The number of hydrogen-bond acceptors (Lipinski definition) is 6. The lowest BCUT2D eigenvalue weighted by molar-refractivity contribution is -0.695. The second-order valence-electron chi connectivity index (χ2n) is 8.15. The number of phenolic OH excluding ortho intramolecular Hbond substituents is 1. The molecule has 34 heavy (non-hydrogen) atoms. The van der Waals surface area contributed by atoms with E-state index in [1.54, 1.807) is 36.5 Å². The minimum atomic E-state index is -0.837. The Morgan fingerprint density at radius 1 is 1.12 bits per heavy atom. The number of carbonyl (C=O) groups is 2. The third kappa shape index (κ3) is 3.96. The summed E-state index contributed by atoms with van der Waals surface area (Å²) in [6, 6.07) is 10.4. The number of hydrogen-bond donors (Lipinski definition) is 3. The molecule has 5 rings (SSSR count). The fraction of sp³-hybridized carbons (Fsp3) is 0.240. The van der Waals surface area contributed by atoms with Crippen LogP contribution in [0.15, 0.2) is 66.8 Å². The predicted octanol–water partition coefficient (Wildman–Crippen LogP) is 2.29. The zero-order chi connectivity index (χ0) is 23.7. The summed E-state index contributed by atoms with van der Waals surface area (Å²) < 4.78 is 13.1. The molecule has 0 bridgehead atoms. The Balaban J connectivity index is 1.54. The van der Waals surface area contributed by atoms with Gasteiger partial charge < -0.3 is 24.6 Å². The molecule has 3 N–H and O–H groups in total. The molecule has 1 fully saturated rings. The topological polar surface area (TPSA) is 116 Å². The van der Waals surface area contributed by atoms with Gasteiger partial charge in [0.25, 0.3) is 11.7 Å². The number of ether oxygens (including phenoxy) is 2. The van der Waals surface area contributed by atoms with Gasteiger partial charge in [-0.25, -0.2) is 4.57 Å². The largest absolute Gasteiger partial charge is 0.508 e. The fourth-order valence-corrected chi connectivity index (χ4v) is 4.38. The van der Waals surface area contributed by atoms with Crippen molar-refractivity contribution >= 4 is 17.4 Å². The van der Waals surface area contributed by atoms with Gasteiger partial charge >= 0.3 is 0 Å². The van der Waals surface area contributed by atoms with Gasteiger partial charge in [0.1, 0.15) is 37.1 Å². The molecule has 2 aromatic carbocycles. The van der Waals surface area contributed by atoms with Gasteiger partial charge in [-0.1, -0.05) is 12.1 Å². The van der Waals surface area contributed by atoms with Gasteiger partial charge in [0, 0.05) is 18.5 Å². The molecular weight excluding hydrogens is 438 g/mol. The summed E-state index contributed by atoms with van der Waals surface area (Å²) in [7, 11) is 0. The van der Waals surface area contributed by atoms with Crippen LogP contribution in [0, 0.1) is 0 Å². The molecule has 1 aromatic heterocycles. The van der Waals surface area contributed by atoms with Crippen LogP contribution in [-0.4, -0.2) is 51.5 Å². The van der Waals surface area contributed by atoms with E-state index in [2.05, 4.69) is 4.98 Å². The number of fused-ring (bicyclic) bond motifs is 1. The van der Waals surface area contributed by atoms with Crippen LogP contribution in [0.1, 0.15) is 23.6 Å². The number of aromatic nitrogens is 2. The molecule has 0 spiro atoms. The van der Waals surface area contributed by atoms with Crippen molar-refractivity contribution in [1.29, 1.82) is 0 Å². The number of nitrogens with zero attached hydrogens (tertiary/aromatic N) is 2. The molecule has 1 atom stereocenters. The lowest BCUT2D eigenvalue weighted by Gasteiger charge is -2.25. The van der Waals surface area contributed by atoms with Crippen molar-refractivity contribution in [3.05, 3.63) is 77.9 Å². The summed E-state index contributed by atoms with van der Waals surface area (Å²) >= 11 is 0. The molecule has 174 valence electrons. The van der Waals surface area contributed by atoms with Gasteiger partial charge in [0.05, 0.1) is 18.2 Å². The Morgan fingerprint density at radius 2 is 1.94 bits per heavy atom. The molecule has 0 unspecified atom stereocenters. The Hall–Kier alpha value is -4.27.